The molecule has 0 spiro atoms. The van der Waals surface area contributed by atoms with Crippen LogP contribution in [0.4, 0.5) is 8.78 Å². The SMILES string of the molecule is O=C(O)CCCC(F)(F)c1cc(Br)ccc1Br. The molecule has 17 heavy (non-hydrogen) atoms. The third-order valence-corrected chi connectivity index (χ3v) is 3.39. The number of aliphatic carboxylic acids is 1. The van der Waals surface area contributed by atoms with Crippen LogP contribution in [0, 0.1) is 0 Å². The van der Waals surface area contributed by atoms with E-state index in [1.807, 2.05) is 0 Å². The normalized spacial score (nSPS) is 11.5. The summed E-state index contributed by atoms with van der Waals surface area (Å²) in [5.41, 5.74) is -0.128. The first-order valence-corrected chi connectivity index (χ1v) is 6.46. The highest BCUT2D eigenvalue weighted by Gasteiger charge is 2.33. The molecule has 0 radical (unpaired) electrons. The fourth-order valence-electron chi connectivity index (χ4n) is 1.37. The Balaban J connectivity index is 2.81. The summed E-state index contributed by atoms with van der Waals surface area (Å²) >= 11 is 6.20. The molecule has 1 N–H and O–H groups in total. The van der Waals surface area contributed by atoms with Gasteiger partial charge in [0.1, 0.15) is 0 Å². The van der Waals surface area contributed by atoms with E-state index in [0.717, 1.165) is 0 Å². The van der Waals surface area contributed by atoms with E-state index >= 15 is 0 Å². The average molecular weight is 372 g/mol. The lowest BCUT2D eigenvalue weighted by Crippen LogP contribution is -2.14. The first kappa shape index (κ1) is 14.6. The molecule has 0 bridgehead atoms. The molecule has 94 valence electrons. The molecule has 0 saturated heterocycles. The zero-order valence-electron chi connectivity index (χ0n) is 8.72. The molecule has 0 aromatic heterocycles. The number of benzene rings is 1. The summed E-state index contributed by atoms with van der Waals surface area (Å²) in [7, 11) is 0. The van der Waals surface area contributed by atoms with Gasteiger partial charge in [-0.1, -0.05) is 31.9 Å². The Morgan fingerprint density at radius 2 is 2.00 bits per heavy atom. The van der Waals surface area contributed by atoms with Crippen LogP contribution in [-0.4, -0.2) is 11.1 Å². The van der Waals surface area contributed by atoms with Crippen molar-refractivity contribution in [1.82, 2.24) is 0 Å². The summed E-state index contributed by atoms with van der Waals surface area (Å²) in [5, 5.41) is 8.42. The van der Waals surface area contributed by atoms with Gasteiger partial charge in [-0.25, -0.2) is 8.78 Å². The van der Waals surface area contributed by atoms with E-state index in [1.54, 1.807) is 6.07 Å². The second-order valence-electron chi connectivity index (χ2n) is 3.58. The van der Waals surface area contributed by atoms with E-state index in [9.17, 15) is 13.6 Å². The van der Waals surface area contributed by atoms with Crippen LogP contribution in [0.2, 0.25) is 0 Å². The van der Waals surface area contributed by atoms with Gasteiger partial charge >= 0.3 is 5.97 Å². The molecule has 0 amide bonds. The van der Waals surface area contributed by atoms with Crippen LogP contribution in [0.15, 0.2) is 27.1 Å². The van der Waals surface area contributed by atoms with Crippen molar-refractivity contribution in [1.29, 1.82) is 0 Å². The molecule has 0 saturated carbocycles. The molecule has 2 nitrogen and oxygen atoms in total. The van der Waals surface area contributed by atoms with Crippen molar-refractivity contribution in [3.8, 4) is 0 Å². The second-order valence-corrected chi connectivity index (χ2v) is 5.35. The van der Waals surface area contributed by atoms with E-state index in [4.69, 9.17) is 5.11 Å². The zero-order chi connectivity index (χ0) is 13.1. The maximum absolute atomic E-state index is 13.8. The van der Waals surface area contributed by atoms with Gasteiger partial charge in [0.25, 0.3) is 5.92 Å². The van der Waals surface area contributed by atoms with Crippen LogP contribution in [0.1, 0.15) is 24.8 Å². The fraction of sp³-hybridized carbons (Fsp3) is 0.364. The molecule has 0 atom stereocenters. The maximum Gasteiger partial charge on any atom is 0.303 e. The molecule has 0 aliphatic carbocycles. The highest BCUT2D eigenvalue weighted by Crippen LogP contribution is 2.38. The van der Waals surface area contributed by atoms with Gasteiger partial charge in [-0.15, -0.1) is 0 Å². The van der Waals surface area contributed by atoms with E-state index in [0.29, 0.717) is 8.95 Å². The van der Waals surface area contributed by atoms with Gasteiger partial charge in [-0.05, 0) is 24.6 Å². The van der Waals surface area contributed by atoms with Crippen LogP contribution in [0.25, 0.3) is 0 Å². The average Bonchev–Trinajstić information content (AvgIpc) is 2.20. The number of hydrogen-bond donors (Lipinski definition) is 1. The smallest absolute Gasteiger partial charge is 0.303 e. The molecule has 0 aliphatic heterocycles. The van der Waals surface area contributed by atoms with Crippen LogP contribution in [-0.2, 0) is 10.7 Å². The minimum absolute atomic E-state index is 0.0543. The zero-order valence-corrected chi connectivity index (χ0v) is 11.9. The molecular weight excluding hydrogens is 362 g/mol. The fourth-order valence-corrected chi connectivity index (χ4v) is 2.27. The molecular formula is C11H10Br2F2O2. The Hall–Kier alpha value is -0.490. The third-order valence-electron chi connectivity index (χ3n) is 2.20. The Labute approximate surface area is 114 Å². The molecule has 1 aromatic rings. The summed E-state index contributed by atoms with van der Waals surface area (Å²) in [4.78, 5) is 10.3. The summed E-state index contributed by atoms with van der Waals surface area (Å²) < 4.78 is 28.5. The second kappa shape index (κ2) is 5.91. The van der Waals surface area contributed by atoms with E-state index in [-0.39, 0.29) is 18.4 Å². The number of halogens is 4. The van der Waals surface area contributed by atoms with Crippen LogP contribution in [0.3, 0.4) is 0 Å². The van der Waals surface area contributed by atoms with Crippen molar-refractivity contribution in [3.05, 3.63) is 32.7 Å². The number of carboxylic acid groups (broad SMARTS) is 1. The lowest BCUT2D eigenvalue weighted by Gasteiger charge is -2.18. The maximum atomic E-state index is 13.8. The predicted octanol–water partition coefficient (Wildman–Crippen LogP) is 4.56. The van der Waals surface area contributed by atoms with Crippen molar-refractivity contribution < 1.29 is 18.7 Å². The lowest BCUT2D eigenvalue weighted by molar-refractivity contribution is -0.137. The van der Waals surface area contributed by atoms with Crippen molar-refractivity contribution in [3.63, 3.8) is 0 Å². The minimum atomic E-state index is -3.03. The minimum Gasteiger partial charge on any atom is -0.481 e. The Morgan fingerprint density at radius 1 is 1.35 bits per heavy atom. The van der Waals surface area contributed by atoms with Gasteiger partial charge < -0.3 is 5.11 Å². The number of carbonyl (C=O) groups is 1. The Kier molecular flexibility index (Phi) is 5.06. The van der Waals surface area contributed by atoms with Crippen LogP contribution < -0.4 is 0 Å². The summed E-state index contributed by atoms with van der Waals surface area (Å²) in [6, 6.07) is 4.52. The van der Waals surface area contributed by atoms with Gasteiger partial charge in [0.15, 0.2) is 0 Å². The largest absolute Gasteiger partial charge is 0.481 e. The van der Waals surface area contributed by atoms with Gasteiger partial charge in [-0.3, -0.25) is 4.79 Å². The van der Waals surface area contributed by atoms with Gasteiger partial charge in [0, 0.05) is 27.4 Å². The van der Waals surface area contributed by atoms with Crippen LogP contribution >= 0.6 is 31.9 Å². The van der Waals surface area contributed by atoms with Crippen LogP contribution in [0.5, 0.6) is 0 Å². The topological polar surface area (TPSA) is 37.3 Å². The highest BCUT2D eigenvalue weighted by molar-refractivity contribution is 9.11. The summed E-state index contributed by atoms with van der Waals surface area (Å²) in [5.74, 6) is -4.09. The predicted molar refractivity (Wildman–Crippen MR) is 67.2 cm³/mol. The molecule has 0 aliphatic rings. The van der Waals surface area contributed by atoms with Crippen molar-refractivity contribution >= 4 is 37.8 Å². The van der Waals surface area contributed by atoms with E-state index in [2.05, 4.69) is 31.9 Å². The summed E-state index contributed by atoms with van der Waals surface area (Å²) in [6.45, 7) is 0. The first-order valence-electron chi connectivity index (χ1n) is 4.88. The Morgan fingerprint density at radius 3 is 2.59 bits per heavy atom. The third kappa shape index (κ3) is 4.35. The van der Waals surface area contributed by atoms with Crippen molar-refractivity contribution in [2.24, 2.45) is 0 Å². The first-order chi connectivity index (χ1) is 7.83. The molecule has 0 heterocycles. The summed E-state index contributed by atoms with van der Waals surface area (Å²) in [6.07, 6.45) is -0.781. The van der Waals surface area contributed by atoms with Gasteiger partial charge in [0.05, 0.1) is 0 Å². The molecule has 1 rings (SSSR count). The Bertz CT molecular complexity index is 422. The number of alkyl halides is 2. The van der Waals surface area contributed by atoms with Crippen molar-refractivity contribution in [2.45, 2.75) is 25.2 Å². The number of hydrogen-bond acceptors (Lipinski definition) is 1. The molecule has 6 heteroatoms. The van der Waals surface area contributed by atoms with Crippen molar-refractivity contribution in [2.75, 3.05) is 0 Å². The van der Waals surface area contributed by atoms with Gasteiger partial charge in [-0.2, -0.15) is 0 Å². The lowest BCUT2D eigenvalue weighted by atomic mass is 10.0. The standard InChI is InChI=1S/C11H10Br2F2O2/c12-7-3-4-9(13)8(6-7)11(14,15)5-1-2-10(16)17/h3-4,6H,1-2,5H2,(H,16,17). The monoisotopic (exact) mass is 370 g/mol. The number of carboxylic acids is 1. The van der Waals surface area contributed by atoms with E-state index < -0.39 is 18.3 Å². The quantitative estimate of drug-likeness (QED) is 0.823. The van der Waals surface area contributed by atoms with Gasteiger partial charge in [0.2, 0.25) is 0 Å². The molecule has 1 aromatic carbocycles. The molecule has 0 fully saturated rings. The number of rotatable bonds is 5. The molecule has 0 unspecified atom stereocenters. The highest BCUT2D eigenvalue weighted by atomic mass is 79.9. The van der Waals surface area contributed by atoms with E-state index in [1.165, 1.54) is 12.1 Å².